The highest BCUT2D eigenvalue weighted by atomic mass is 32.1. The molecule has 0 amide bonds. The molecule has 1 aliphatic heterocycles. The second-order valence-electron chi connectivity index (χ2n) is 5.01. The van der Waals surface area contributed by atoms with Crippen molar-refractivity contribution in [3.8, 4) is 0 Å². The van der Waals surface area contributed by atoms with Crippen LogP contribution in [-0.4, -0.2) is 13.1 Å². The number of nitrogens with zero attached hydrogens (tertiary/aromatic N) is 1. The summed E-state index contributed by atoms with van der Waals surface area (Å²) >= 11 is 1.81. The van der Waals surface area contributed by atoms with Gasteiger partial charge in [0.05, 0.1) is 0 Å². The van der Waals surface area contributed by atoms with Crippen molar-refractivity contribution < 1.29 is 0 Å². The van der Waals surface area contributed by atoms with Crippen LogP contribution in [0.15, 0.2) is 41.8 Å². The van der Waals surface area contributed by atoms with Crippen LogP contribution in [0.1, 0.15) is 23.3 Å². The van der Waals surface area contributed by atoms with E-state index in [2.05, 4.69) is 52.0 Å². The Morgan fingerprint density at radius 3 is 2.63 bits per heavy atom. The maximum atomic E-state index is 3.55. The molecular formula is C16H20N2S. The molecule has 1 fully saturated rings. The van der Waals surface area contributed by atoms with Crippen LogP contribution in [0.4, 0.5) is 5.69 Å². The summed E-state index contributed by atoms with van der Waals surface area (Å²) in [6.45, 7) is 4.33. The maximum absolute atomic E-state index is 3.55. The molecule has 100 valence electrons. The van der Waals surface area contributed by atoms with E-state index < -0.39 is 0 Å². The molecule has 1 saturated heterocycles. The largest absolute Gasteiger partial charge is 0.371 e. The van der Waals surface area contributed by atoms with E-state index in [1.165, 1.54) is 42.1 Å². The van der Waals surface area contributed by atoms with Crippen molar-refractivity contribution in [2.45, 2.75) is 25.9 Å². The van der Waals surface area contributed by atoms with Gasteiger partial charge in [-0.1, -0.05) is 24.3 Å². The average molecular weight is 272 g/mol. The van der Waals surface area contributed by atoms with Crippen molar-refractivity contribution >= 4 is 17.0 Å². The molecule has 1 aliphatic rings. The van der Waals surface area contributed by atoms with E-state index in [1.807, 2.05) is 11.3 Å². The van der Waals surface area contributed by atoms with Gasteiger partial charge < -0.3 is 10.2 Å². The lowest BCUT2D eigenvalue weighted by molar-refractivity contribution is 0.698. The van der Waals surface area contributed by atoms with Gasteiger partial charge >= 0.3 is 0 Å². The normalized spacial score (nSPS) is 15.1. The predicted octanol–water partition coefficient (Wildman–Crippen LogP) is 3.64. The molecule has 2 heterocycles. The molecule has 1 N–H and O–H groups in total. The second-order valence-corrected chi connectivity index (χ2v) is 6.04. The van der Waals surface area contributed by atoms with Gasteiger partial charge in [-0.25, -0.2) is 0 Å². The Balaban J connectivity index is 1.63. The van der Waals surface area contributed by atoms with Gasteiger partial charge in [-0.2, -0.15) is 0 Å². The number of thiophene rings is 1. The molecule has 0 aliphatic carbocycles. The molecule has 0 atom stereocenters. The molecule has 2 nitrogen and oxygen atoms in total. The average Bonchev–Trinajstić information content (AvgIpc) is 3.12. The number of benzene rings is 1. The molecule has 0 saturated carbocycles. The molecule has 2 aromatic rings. The van der Waals surface area contributed by atoms with Gasteiger partial charge in [0.25, 0.3) is 0 Å². The van der Waals surface area contributed by atoms with E-state index in [0.717, 1.165) is 13.1 Å². The van der Waals surface area contributed by atoms with Gasteiger partial charge in [-0.3, -0.25) is 0 Å². The van der Waals surface area contributed by atoms with E-state index >= 15 is 0 Å². The number of nitrogens with one attached hydrogen (secondary N) is 1. The number of hydrogen-bond donors (Lipinski definition) is 1. The van der Waals surface area contributed by atoms with Gasteiger partial charge in [-0.05, 0) is 35.9 Å². The highest BCUT2D eigenvalue weighted by molar-refractivity contribution is 7.09. The number of rotatable bonds is 5. The molecule has 0 spiro atoms. The summed E-state index contributed by atoms with van der Waals surface area (Å²) < 4.78 is 0. The zero-order chi connectivity index (χ0) is 12.9. The lowest BCUT2D eigenvalue weighted by Gasteiger charge is -2.21. The Labute approximate surface area is 119 Å². The summed E-state index contributed by atoms with van der Waals surface area (Å²) in [5, 5.41) is 5.69. The second kappa shape index (κ2) is 6.22. The molecule has 0 radical (unpaired) electrons. The summed E-state index contributed by atoms with van der Waals surface area (Å²) in [5.74, 6) is 0. The fourth-order valence-electron chi connectivity index (χ4n) is 2.66. The maximum Gasteiger partial charge on any atom is 0.0411 e. The van der Waals surface area contributed by atoms with Gasteiger partial charge in [0.1, 0.15) is 0 Å². The topological polar surface area (TPSA) is 15.3 Å². The first-order valence-electron chi connectivity index (χ1n) is 6.99. The minimum absolute atomic E-state index is 0.949. The fourth-order valence-corrected chi connectivity index (χ4v) is 3.33. The Bertz CT molecular complexity index is 501. The first-order valence-corrected chi connectivity index (χ1v) is 7.87. The summed E-state index contributed by atoms with van der Waals surface area (Å²) in [4.78, 5) is 3.92. The predicted molar refractivity (Wildman–Crippen MR) is 82.8 cm³/mol. The summed E-state index contributed by atoms with van der Waals surface area (Å²) in [6, 6.07) is 13.1. The van der Waals surface area contributed by atoms with Crippen LogP contribution in [0, 0.1) is 0 Å². The van der Waals surface area contributed by atoms with Crippen molar-refractivity contribution in [3.63, 3.8) is 0 Å². The molecule has 3 heteroatoms. The van der Waals surface area contributed by atoms with Crippen LogP contribution in [0.2, 0.25) is 0 Å². The molecule has 1 aromatic heterocycles. The summed E-state index contributed by atoms with van der Waals surface area (Å²) in [6.07, 6.45) is 2.66. The van der Waals surface area contributed by atoms with Crippen molar-refractivity contribution in [3.05, 3.63) is 52.2 Å². The molecule has 3 rings (SSSR count). The Kier molecular flexibility index (Phi) is 4.16. The molecular weight excluding hydrogens is 252 g/mol. The quantitative estimate of drug-likeness (QED) is 0.894. The first kappa shape index (κ1) is 12.7. The van der Waals surface area contributed by atoms with Crippen molar-refractivity contribution in [2.75, 3.05) is 18.0 Å². The van der Waals surface area contributed by atoms with Crippen molar-refractivity contribution in [1.29, 1.82) is 0 Å². The van der Waals surface area contributed by atoms with Crippen LogP contribution >= 0.6 is 11.3 Å². The van der Waals surface area contributed by atoms with E-state index in [9.17, 15) is 0 Å². The Morgan fingerprint density at radius 2 is 1.84 bits per heavy atom. The van der Waals surface area contributed by atoms with Gasteiger partial charge in [0.2, 0.25) is 0 Å². The van der Waals surface area contributed by atoms with Crippen LogP contribution in [-0.2, 0) is 13.1 Å². The highest BCUT2D eigenvalue weighted by Gasteiger charge is 2.14. The first-order chi connectivity index (χ1) is 9.43. The zero-order valence-electron chi connectivity index (χ0n) is 11.1. The monoisotopic (exact) mass is 272 g/mol. The minimum atomic E-state index is 0.949. The van der Waals surface area contributed by atoms with Crippen LogP contribution < -0.4 is 10.2 Å². The third-order valence-electron chi connectivity index (χ3n) is 3.63. The van der Waals surface area contributed by atoms with Gasteiger partial charge in [0, 0.05) is 36.7 Å². The van der Waals surface area contributed by atoms with Crippen molar-refractivity contribution in [2.24, 2.45) is 0 Å². The van der Waals surface area contributed by atoms with Gasteiger partial charge in [0.15, 0.2) is 0 Å². The third kappa shape index (κ3) is 3.17. The third-order valence-corrected chi connectivity index (χ3v) is 4.51. The van der Waals surface area contributed by atoms with Gasteiger partial charge in [-0.15, -0.1) is 11.3 Å². The fraction of sp³-hybridized carbons (Fsp3) is 0.375. The molecule has 0 bridgehead atoms. The summed E-state index contributed by atoms with van der Waals surface area (Å²) in [5.41, 5.74) is 2.83. The van der Waals surface area contributed by atoms with E-state index in [1.54, 1.807) is 0 Å². The minimum Gasteiger partial charge on any atom is -0.371 e. The van der Waals surface area contributed by atoms with Crippen LogP contribution in [0.5, 0.6) is 0 Å². The summed E-state index contributed by atoms with van der Waals surface area (Å²) in [7, 11) is 0. The smallest absolute Gasteiger partial charge is 0.0411 e. The lowest BCUT2D eigenvalue weighted by atomic mass is 10.1. The number of para-hydroxylation sites is 1. The molecule has 19 heavy (non-hydrogen) atoms. The number of anilines is 1. The SMILES string of the molecule is c1csc(CNCc2ccccc2N2CCCC2)c1. The van der Waals surface area contributed by atoms with E-state index in [-0.39, 0.29) is 0 Å². The Morgan fingerprint density at radius 1 is 1.00 bits per heavy atom. The van der Waals surface area contributed by atoms with E-state index in [0.29, 0.717) is 0 Å². The van der Waals surface area contributed by atoms with E-state index in [4.69, 9.17) is 0 Å². The number of hydrogen-bond acceptors (Lipinski definition) is 3. The highest BCUT2D eigenvalue weighted by Crippen LogP contribution is 2.24. The standard InChI is InChI=1S/C16H20N2S/c1-2-8-16(18-9-3-4-10-18)14(6-1)12-17-13-15-7-5-11-19-15/h1-2,5-8,11,17H,3-4,9-10,12-13H2. The molecule has 1 aromatic carbocycles. The zero-order valence-corrected chi connectivity index (χ0v) is 12.0. The lowest BCUT2D eigenvalue weighted by Crippen LogP contribution is -2.21. The van der Waals surface area contributed by atoms with Crippen molar-refractivity contribution in [1.82, 2.24) is 5.32 Å². The van der Waals surface area contributed by atoms with Crippen LogP contribution in [0.3, 0.4) is 0 Å². The Hall–Kier alpha value is -1.32. The van der Waals surface area contributed by atoms with Crippen LogP contribution in [0.25, 0.3) is 0 Å². The molecule has 0 unspecified atom stereocenters.